The second-order valence-electron chi connectivity index (χ2n) is 5.40. The third-order valence-electron chi connectivity index (χ3n) is 4.14. The van der Waals surface area contributed by atoms with E-state index in [-0.39, 0.29) is 25.1 Å². The van der Waals surface area contributed by atoms with E-state index in [2.05, 4.69) is 5.32 Å². The van der Waals surface area contributed by atoms with Crippen molar-refractivity contribution in [3.8, 4) is 0 Å². The normalized spacial score (nSPS) is 22.6. The van der Waals surface area contributed by atoms with Crippen LogP contribution in [0.2, 0.25) is 0 Å². The molecule has 1 heterocycles. The summed E-state index contributed by atoms with van der Waals surface area (Å²) in [6, 6.07) is 12.0. The number of fused-ring (bicyclic) bond motifs is 1. The highest BCUT2D eigenvalue weighted by Gasteiger charge is 2.61. The molecule has 1 saturated heterocycles. The predicted octanol–water partition coefficient (Wildman–Crippen LogP) is 3.56. The Morgan fingerprint density at radius 3 is 2.43 bits per heavy atom. The molecule has 0 amide bonds. The first-order valence-corrected chi connectivity index (χ1v) is 6.75. The van der Waals surface area contributed by atoms with Crippen molar-refractivity contribution in [3.63, 3.8) is 0 Å². The molecule has 2 nitrogen and oxygen atoms in total. The number of rotatable bonds is 2. The maximum absolute atomic E-state index is 13.4. The van der Waals surface area contributed by atoms with Gasteiger partial charge in [-0.3, -0.25) is 4.79 Å². The van der Waals surface area contributed by atoms with Crippen molar-refractivity contribution in [2.45, 2.75) is 12.6 Å². The van der Waals surface area contributed by atoms with E-state index in [1.54, 1.807) is 24.3 Å². The summed E-state index contributed by atoms with van der Waals surface area (Å²) < 4.78 is 40.2. The van der Waals surface area contributed by atoms with Crippen molar-refractivity contribution >= 4 is 16.6 Å². The second-order valence-corrected chi connectivity index (χ2v) is 5.40. The molecule has 1 aliphatic heterocycles. The van der Waals surface area contributed by atoms with Crippen molar-refractivity contribution in [2.75, 3.05) is 13.1 Å². The van der Waals surface area contributed by atoms with Crippen molar-refractivity contribution in [1.29, 1.82) is 0 Å². The lowest BCUT2D eigenvalue weighted by Gasteiger charge is -2.29. The Morgan fingerprint density at radius 1 is 1.10 bits per heavy atom. The molecule has 0 bridgehead atoms. The van der Waals surface area contributed by atoms with Gasteiger partial charge in [0.2, 0.25) is 0 Å². The summed E-state index contributed by atoms with van der Waals surface area (Å²) in [6.45, 7) is -0.138. The van der Waals surface area contributed by atoms with Crippen LogP contribution in [0.1, 0.15) is 16.8 Å². The van der Waals surface area contributed by atoms with Gasteiger partial charge < -0.3 is 5.32 Å². The van der Waals surface area contributed by atoms with Crippen molar-refractivity contribution < 1.29 is 18.0 Å². The van der Waals surface area contributed by atoms with Crippen LogP contribution in [0.3, 0.4) is 0 Å². The van der Waals surface area contributed by atoms with Crippen molar-refractivity contribution in [1.82, 2.24) is 5.32 Å². The Labute approximate surface area is 120 Å². The van der Waals surface area contributed by atoms with Crippen molar-refractivity contribution in [2.24, 2.45) is 5.41 Å². The monoisotopic (exact) mass is 293 g/mol. The number of nitrogens with one attached hydrogen (secondary N) is 1. The van der Waals surface area contributed by atoms with Gasteiger partial charge in [-0.25, -0.2) is 0 Å². The molecule has 1 aliphatic rings. The molecule has 3 rings (SSSR count). The lowest BCUT2D eigenvalue weighted by Crippen LogP contribution is -2.46. The molecule has 2 aromatic rings. The van der Waals surface area contributed by atoms with Crippen LogP contribution in [0, 0.1) is 5.41 Å². The minimum Gasteiger partial charge on any atom is -0.315 e. The average Bonchev–Trinajstić information content (AvgIpc) is 2.96. The molecule has 110 valence electrons. The maximum Gasteiger partial charge on any atom is 0.402 e. The zero-order valence-electron chi connectivity index (χ0n) is 11.2. The molecule has 21 heavy (non-hydrogen) atoms. The van der Waals surface area contributed by atoms with Gasteiger partial charge in [-0.1, -0.05) is 36.4 Å². The third-order valence-corrected chi connectivity index (χ3v) is 4.14. The van der Waals surface area contributed by atoms with E-state index in [4.69, 9.17) is 0 Å². The molecule has 1 fully saturated rings. The van der Waals surface area contributed by atoms with Gasteiger partial charge in [0.1, 0.15) is 5.41 Å². The smallest absolute Gasteiger partial charge is 0.315 e. The average molecular weight is 293 g/mol. The minimum atomic E-state index is -4.54. The largest absolute Gasteiger partial charge is 0.402 e. The van der Waals surface area contributed by atoms with Crippen LogP contribution in [0.5, 0.6) is 0 Å². The molecule has 1 N–H and O–H groups in total. The van der Waals surface area contributed by atoms with Gasteiger partial charge in [0.05, 0.1) is 0 Å². The van der Waals surface area contributed by atoms with E-state index < -0.39 is 17.4 Å². The predicted molar refractivity (Wildman–Crippen MR) is 74.3 cm³/mol. The van der Waals surface area contributed by atoms with E-state index in [9.17, 15) is 18.0 Å². The Morgan fingerprint density at radius 2 is 1.81 bits per heavy atom. The summed E-state index contributed by atoms with van der Waals surface area (Å²) in [7, 11) is 0. The summed E-state index contributed by atoms with van der Waals surface area (Å²) in [5.74, 6) is -0.842. The summed E-state index contributed by atoms with van der Waals surface area (Å²) >= 11 is 0. The van der Waals surface area contributed by atoms with Gasteiger partial charge in [-0.15, -0.1) is 0 Å². The summed E-state index contributed by atoms with van der Waals surface area (Å²) in [6.07, 6.45) is -4.75. The SMILES string of the molecule is O=C(c1ccc2ccccc2c1)C1(C(F)(F)F)CCNC1. The van der Waals surface area contributed by atoms with Gasteiger partial charge in [-0.2, -0.15) is 13.2 Å². The molecular formula is C16H14F3NO. The number of alkyl halides is 3. The highest BCUT2D eigenvalue weighted by atomic mass is 19.4. The first-order valence-electron chi connectivity index (χ1n) is 6.75. The molecule has 1 unspecified atom stereocenters. The number of Topliss-reactive ketones (excluding diaryl/α,β-unsaturated/α-hetero) is 1. The number of ketones is 1. The number of carbonyl (C=O) groups excluding carboxylic acids is 1. The van der Waals surface area contributed by atoms with E-state index in [1.165, 1.54) is 6.07 Å². The Balaban J connectivity index is 2.06. The number of benzene rings is 2. The summed E-state index contributed by atoms with van der Waals surface area (Å²) in [5, 5.41) is 4.34. The Bertz CT molecular complexity index is 687. The molecule has 2 aromatic carbocycles. The summed E-state index contributed by atoms with van der Waals surface area (Å²) in [5.41, 5.74) is -2.18. The molecule has 0 spiro atoms. The second kappa shape index (κ2) is 4.84. The van der Waals surface area contributed by atoms with Crippen LogP contribution < -0.4 is 5.32 Å². The Hall–Kier alpha value is -1.88. The molecule has 0 aliphatic carbocycles. The number of hydrogen-bond donors (Lipinski definition) is 1. The molecule has 0 aromatic heterocycles. The Kier molecular flexibility index (Phi) is 3.24. The zero-order chi connectivity index (χ0) is 15.1. The van der Waals surface area contributed by atoms with E-state index in [1.807, 2.05) is 12.1 Å². The van der Waals surface area contributed by atoms with Gasteiger partial charge in [0.15, 0.2) is 5.78 Å². The fraction of sp³-hybridized carbons (Fsp3) is 0.312. The summed E-state index contributed by atoms with van der Waals surface area (Å²) in [4.78, 5) is 12.5. The van der Waals surface area contributed by atoms with Gasteiger partial charge >= 0.3 is 6.18 Å². The van der Waals surface area contributed by atoms with Crippen LogP contribution in [-0.4, -0.2) is 25.0 Å². The highest BCUT2D eigenvalue weighted by molar-refractivity contribution is 6.04. The van der Waals surface area contributed by atoms with Crippen LogP contribution in [-0.2, 0) is 0 Å². The van der Waals surface area contributed by atoms with Crippen LogP contribution in [0.4, 0.5) is 13.2 Å². The number of carbonyl (C=O) groups is 1. The minimum absolute atomic E-state index is 0.120. The number of hydrogen-bond acceptors (Lipinski definition) is 2. The topological polar surface area (TPSA) is 29.1 Å². The van der Waals surface area contributed by atoms with Crippen LogP contribution in [0.15, 0.2) is 42.5 Å². The first kappa shape index (κ1) is 14.1. The maximum atomic E-state index is 13.4. The zero-order valence-corrected chi connectivity index (χ0v) is 11.2. The van der Waals surface area contributed by atoms with Gasteiger partial charge in [-0.05, 0) is 29.8 Å². The van der Waals surface area contributed by atoms with E-state index in [0.717, 1.165) is 10.8 Å². The molecule has 0 saturated carbocycles. The fourth-order valence-electron chi connectivity index (χ4n) is 2.86. The van der Waals surface area contributed by atoms with E-state index >= 15 is 0 Å². The molecule has 1 atom stereocenters. The lowest BCUT2D eigenvalue weighted by atomic mass is 9.78. The quantitative estimate of drug-likeness (QED) is 0.858. The van der Waals surface area contributed by atoms with E-state index in [0.29, 0.717) is 0 Å². The third kappa shape index (κ3) is 2.21. The molecular weight excluding hydrogens is 279 g/mol. The molecule has 5 heteroatoms. The molecule has 0 radical (unpaired) electrons. The number of halogens is 3. The first-order chi connectivity index (χ1) is 9.94. The van der Waals surface area contributed by atoms with Crippen LogP contribution >= 0.6 is 0 Å². The standard InChI is InChI=1S/C16H14F3NO/c17-16(18,19)15(7-8-20-10-15)14(21)13-6-5-11-3-1-2-4-12(11)9-13/h1-6,9,20H,7-8,10H2. The van der Waals surface area contributed by atoms with Crippen LogP contribution in [0.25, 0.3) is 10.8 Å². The highest BCUT2D eigenvalue weighted by Crippen LogP contribution is 2.45. The lowest BCUT2D eigenvalue weighted by molar-refractivity contribution is -0.197. The fourth-order valence-corrected chi connectivity index (χ4v) is 2.86. The van der Waals surface area contributed by atoms with Crippen molar-refractivity contribution in [3.05, 3.63) is 48.0 Å². The van der Waals surface area contributed by atoms with Gasteiger partial charge in [0.25, 0.3) is 0 Å². The van der Waals surface area contributed by atoms with Gasteiger partial charge in [0, 0.05) is 12.1 Å².